The number of benzene rings is 2. The van der Waals surface area contributed by atoms with Crippen LogP contribution in [0.15, 0.2) is 54.7 Å². The Balaban J connectivity index is 1.60. The highest BCUT2D eigenvalue weighted by atomic mass is 35.5. The second-order valence-corrected chi connectivity index (χ2v) is 5.99. The molecule has 6 heteroatoms. The molecule has 0 spiro atoms. The molecular formula is C18H15Cl2N3O. The average Bonchev–Trinajstić information content (AvgIpc) is 2.59. The van der Waals surface area contributed by atoms with Crippen molar-refractivity contribution in [2.75, 3.05) is 17.2 Å². The van der Waals surface area contributed by atoms with Gasteiger partial charge in [-0.2, -0.15) is 0 Å². The molecule has 0 radical (unpaired) electrons. The summed E-state index contributed by atoms with van der Waals surface area (Å²) >= 11 is 12.0. The number of carbonyl (C=O) groups excluding carboxylic acids is 1. The highest BCUT2D eigenvalue weighted by Crippen LogP contribution is 2.29. The summed E-state index contributed by atoms with van der Waals surface area (Å²) in [5.41, 5.74) is 2.31. The van der Waals surface area contributed by atoms with Gasteiger partial charge in [0.25, 0.3) is 0 Å². The van der Waals surface area contributed by atoms with E-state index in [2.05, 4.69) is 15.6 Å². The molecule has 0 aliphatic carbocycles. The van der Waals surface area contributed by atoms with Crippen molar-refractivity contribution in [3.05, 3.63) is 64.8 Å². The lowest BCUT2D eigenvalue weighted by Gasteiger charge is -2.10. The summed E-state index contributed by atoms with van der Waals surface area (Å²) < 4.78 is 0. The molecule has 0 fully saturated rings. The van der Waals surface area contributed by atoms with E-state index >= 15 is 0 Å². The monoisotopic (exact) mass is 359 g/mol. The molecule has 3 rings (SSSR count). The Morgan fingerprint density at radius 3 is 2.62 bits per heavy atom. The first kappa shape index (κ1) is 16.6. The lowest BCUT2D eigenvalue weighted by Crippen LogP contribution is -2.16. The van der Waals surface area contributed by atoms with Crippen molar-refractivity contribution >= 4 is 51.4 Å². The number of pyridine rings is 1. The normalized spacial score (nSPS) is 10.6. The fraction of sp³-hybridized carbons (Fsp3) is 0.111. The number of rotatable bonds is 5. The Morgan fingerprint density at radius 2 is 1.75 bits per heavy atom. The molecule has 122 valence electrons. The Labute approximate surface area is 149 Å². The van der Waals surface area contributed by atoms with E-state index in [0.717, 1.165) is 16.6 Å². The minimum absolute atomic E-state index is 0.139. The smallest absolute Gasteiger partial charge is 0.226 e. The first-order valence-corrected chi connectivity index (χ1v) is 8.22. The number of carbonyl (C=O) groups is 1. The zero-order chi connectivity index (χ0) is 16.9. The maximum absolute atomic E-state index is 12.1. The van der Waals surface area contributed by atoms with Gasteiger partial charge in [-0.05, 0) is 24.3 Å². The molecule has 0 aliphatic rings. The van der Waals surface area contributed by atoms with E-state index in [0.29, 0.717) is 28.7 Å². The number of fused-ring (bicyclic) bond motifs is 1. The van der Waals surface area contributed by atoms with E-state index in [9.17, 15) is 4.79 Å². The third-order valence-corrected chi connectivity index (χ3v) is 4.34. The van der Waals surface area contributed by atoms with Gasteiger partial charge < -0.3 is 10.6 Å². The summed E-state index contributed by atoms with van der Waals surface area (Å²) in [6, 6.07) is 14.9. The first-order chi connectivity index (χ1) is 11.6. The SMILES string of the molecule is O=C(CCNc1cccc2cccnc12)Nc1cccc(Cl)c1Cl. The Kier molecular flexibility index (Phi) is 5.18. The van der Waals surface area contributed by atoms with Gasteiger partial charge in [-0.1, -0.05) is 47.5 Å². The van der Waals surface area contributed by atoms with Gasteiger partial charge in [-0.25, -0.2) is 0 Å². The fourth-order valence-electron chi connectivity index (χ4n) is 2.37. The number of aromatic nitrogens is 1. The number of nitrogens with zero attached hydrogens (tertiary/aromatic N) is 1. The molecular weight excluding hydrogens is 345 g/mol. The predicted octanol–water partition coefficient (Wildman–Crippen LogP) is 4.98. The van der Waals surface area contributed by atoms with Crippen LogP contribution >= 0.6 is 23.2 Å². The highest BCUT2D eigenvalue weighted by molar-refractivity contribution is 6.43. The molecule has 1 heterocycles. The van der Waals surface area contributed by atoms with E-state index in [4.69, 9.17) is 23.2 Å². The largest absolute Gasteiger partial charge is 0.383 e. The van der Waals surface area contributed by atoms with Crippen molar-refractivity contribution in [3.8, 4) is 0 Å². The average molecular weight is 360 g/mol. The Hall–Kier alpha value is -2.30. The lowest BCUT2D eigenvalue weighted by molar-refractivity contribution is -0.115. The van der Waals surface area contributed by atoms with Crippen LogP contribution in [0.1, 0.15) is 6.42 Å². The minimum Gasteiger partial charge on any atom is -0.383 e. The summed E-state index contributed by atoms with van der Waals surface area (Å²) in [4.78, 5) is 16.4. The standard InChI is InChI=1S/C18H15Cl2N3O/c19-13-6-2-7-14(17(13)20)23-16(24)9-11-21-15-8-1-4-12-5-3-10-22-18(12)15/h1-8,10,21H,9,11H2,(H,23,24). The van der Waals surface area contributed by atoms with Crippen molar-refractivity contribution in [2.24, 2.45) is 0 Å². The van der Waals surface area contributed by atoms with Gasteiger partial charge in [-0.3, -0.25) is 9.78 Å². The van der Waals surface area contributed by atoms with Crippen LogP contribution in [-0.2, 0) is 4.79 Å². The number of anilines is 2. The molecule has 0 saturated carbocycles. The van der Waals surface area contributed by atoms with E-state index in [1.165, 1.54) is 0 Å². The lowest BCUT2D eigenvalue weighted by atomic mass is 10.2. The summed E-state index contributed by atoms with van der Waals surface area (Å²) in [5.74, 6) is -0.139. The van der Waals surface area contributed by atoms with Crippen molar-refractivity contribution in [3.63, 3.8) is 0 Å². The third kappa shape index (κ3) is 3.78. The van der Waals surface area contributed by atoms with Crippen molar-refractivity contribution in [1.29, 1.82) is 0 Å². The molecule has 24 heavy (non-hydrogen) atoms. The van der Waals surface area contributed by atoms with Crippen LogP contribution in [0, 0.1) is 0 Å². The van der Waals surface area contributed by atoms with Crippen molar-refractivity contribution in [2.45, 2.75) is 6.42 Å². The highest BCUT2D eigenvalue weighted by Gasteiger charge is 2.08. The minimum atomic E-state index is -0.139. The fourth-order valence-corrected chi connectivity index (χ4v) is 2.72. The first-order valence-electron chi connectivity index (χ1n) is 7.46. The van der Waals surface area contributed by atoms with Crippen LogP contribution in [0.25, 0.3) is 10.9 Å². The molecule has 3 aromatic rings. The van der Waals surface area contributed by atoms with Gasteiger partial charge >= 0.3 is 0 Å². The topological polar surface area (TPSA) is 54.0 Å². The molecule has 0 bridgehead atoms. The number of nitrogens with one attached hydrogen (secondary N) is 2. The van der Waals surface area contributed by atoms with Crippen molar-refractivity contribution in [1.82, 2.24) is 4.98 Å². The Bertz CT molecular complexity index is 878. The van der Waals surface area contributed by atoms with Gasteiger partial charge in [0.2, 0.25) is 5.91 Å². The van der Waals surface area contributed by atoms with Crippen LogP contribution in [0.4, 0.5) is 11.4 Å². The molecule has 0 atom stereocenters. The van der Waals surface area contributed by atoms with Crippen LogP contribution in [-0.4, -0.2) is 17.4 Å². The zero-order valence-electron chi connectivity index (χ0n) is 12.7. The van der Waals surface area contributed by atoms with Gasteiger partial charge in [-0.15, -0.1) is 0 Å². The van der Waals surface area contributed by atoms with Crippen LogP contribution in [0.3, 0.4) is 0 Å². The molecule has 2 aromatic carbocycles. The number of hydrogen-bond acceptors (Lipinski definition) is 3. The van der Waals surface area contributed by atoms with Gasteiger partial charge in [0, 0.05) is 24.5 Å². The summed E-state index contributed by atoms with van der Waals surface area (Å²) in [5, 5.41) is 7.82. The molecule has 1 aromatic heterocycles. The van der Waals surface area contributed by atoms with Crippen LogP contribution < -0.4 is 10.6 Å². The van der Waals surface area contributed by atoms with E-state index < -0.39 is 0 Å². The number of para-hydroxylation sites is 1. The second-order valence-electron chi connectivity index (χ2n) is 5.21. The maximum atomic E-state index is 12.1. The van der Waals surface area contributed by atoms with Gasteiger partial charge in [0.05, 0.1) is 26.9 Å². The Morgan fingerprint density at radius 1 is 1.00 bits per heavy atom. The quantitative estimate of drug-likeness (QED) is 0.675. The maximum Gasteiger partial charge on any atom is 0.226 e. The number of halogens is 2. The summed E-state index contributed by atoms with van der Waals surface area (Å²) in [6.45, 7) is 0.486. The second kappa shape index (κ2) is 7.51. The molecule has 4 nitrogen and oxygen atoms in total. The molecule has 1 amide bonds. The van der Waals surface area contributed by atoms with Gasteiger partial charge in [0.1, 0.15) is 0 Å². The number of hydrogen-bond donors (Lipinski definition) is 2. The van der Waals surface area contributed by atoms with Gasteiger partial charge in [0.15, 0.2) is 0 Å². The van der Waals surface area contributed by atoms with E-state index in [1.807, 2.05) is 30.3 Å². The van der Waals surface area contributed by atoms with Crippen LogP contribution in [0.5, 0.6) is 0 Å². The molecule has 2 N–H and O–H groups in total. The van der Waals surface area contributed by atoms with E-state index in [1.54, 1.807) is 24.4 Å². The molecule has 0 saturated heterocycles. The third-order valence-electron chi connectivity index (χ3n) is 3.53. The molecule has 0 unspecified atom stereocenters. The number of amides is 1. The van der Waals surface area contributed by atoms with E-state index in [-0.39, 0.29) is 5.91 Å². The molecule has 0 aliphatic heterocycles. The van der Waals surface area contributed by atoms with Crippen LogP contribution in [0.2, 0.25) is 10.0 Å². The summed E-state index contributed by atoms with van der Waals surface area (Å²) in [6.07, 6.45) is 2.05. The summed E-state index contributed by atoms with van der Waals surface area (Å²) in [7, 11) is 0. The predicted molar refractivity (Wildman–Crippen MR) is 99.9 cm³/mol. The van der Waals surface area contributed by atoms with Crippen molar-refractivity contribution < 1.29 is 4.79 Å². The zero-order valence-corrected chi connectivity index (χ0v) is 14.2.